The predicted octanol–water partition coefficient (Wildman–Crippen LogP) is 1.52. The maximum atomic E-state index is 11.9. The number of carbonyl (C=O) groups excluding carboxylic acids is 1. The molecular formula is C11H15BrO3. The first kappa shape index (κ1) is 11.3. The fraction of sp³-hybridized carbons (Fsp3) is 0.727. The molecule has 15 heavy (non-hydrogen) atoms. The van der Waals surface area contributed by atoms with Gasteiger partial charge in [0.05, 0.1) is 11.5 Å². The maximum absolute atomic E-state index is 11.9. The van der Waals surface area contributed by atoms with Crippen LogP contribution in [0, 0.1) is 5.41 Å². The summed E-state index contributed by atoms with van der Waals surface area (Å²) in [5, 5.41) is 20.4. The van der Waals surface area contributed by atoms with Crippen molar-refractivity contribution >= 4 is 21.7 Å². The number of hydrogen-bond donors (Lipinski definition) is 2. The molecule has 1 fully saturated rings. The third kappa shape index (κ3) is 1.42. The van der Waals surface area contributed by atoms with Gasteiger partial charge >= 0.3 is 0 Å². The van der Waals surface area contributed by atoms with E-state index in [0.717, 1.165) is 4.48 Å². The number of allylic oxidation sites excluding steroid dienone is 1. The van der Waals surface area contributed by atoms with E-state index >= 15 is 0 Å². The summed E-state index contributed by atoms with van der Waals surface area (Å²) in [5.41, 5.74) is -2.09. The van der Waals surface area contributed by atoms with Crippen molar-refractivity contribution in [2.75, 3.05) is 0 Å². The number of aliphatic hydroxyl groups is 2. The molecule has 0 bridgehead atoms. The van der Waals surface area contributed by atoms with E-state index in [0.29, 0.717) is 25.7 Å². The zero-order valence-electron chi connectivity index (χ0n) is 8.66. The summed E-state index contributed by atoms with van der Waals surface area (Å²) in [7, 11) is 0. The van der Waals surface area contributed by atoms with Crippen molar-refractivity contribution in [1.82, 2.24) is 0 Å². The quantitative estimate of drug-likeness (QED) is 0.704. The summed E-state index contributed by atoms with van der Waals surface area (Å²) in [6.45, 7) is 1.76. The maximum Gasteiger partial charge on any atom is 0.142 e. The molecule has 0 saturated heterocycles. The molecule has 0 aromatic carbocycles. The minimum Gasteiger partial charge on any atom is -0.390 e. The second-order valence-electron chi connectivity index (χ2n) is 4.76. The lowest BCUT2D eigenvalue weighted by molar-refractivity contribution is -0.152. The lowest BCUT2D eigenvalue weighted by atomic mass is 9.71. The first-order valence-corrected chi connectivity index (χ1v) is 5.98. The van der Waals surface area contributed by atoms with Crippen LogP contribution in [0.1, 0.15) is 32.6 Å². The second-order valence-corrected chi connectivity index (χ2v) is 5.78. The van der Waals surface area contributed by atoms with E-state index in [2.05, 4.69) is 15.9 Å². The Morgan fingerprint density at radius 3 is 2.93 bits per heavy atom. The van der Waals surface area contributed by atoms with Crippen molar-refractivity contribution in [3.8, 4) is 0 Å². The number of fused-ring (bicyclic) bond motifs is 1. The first-order valence-electron chi connectivity index (χ1n) is 5.18. The van der Waals surface area contributed by atoms with Crippen molar-refractivity contribution in [3.05, 3.63) is 10.6 Å². The molecule has 0 unspecified atom stereocenters. The molecular weight excluding hydrogens is 260 g/mol. The van der Waals surface area contributed by atoms with Crippen molar-refractivity contribution in [2.24, 2.45) is 5.41 Å². The Hall–Kier alpha value is -0.190. The van der Waals surface area contributed by atoms with Gasteiger partial charge in [-0.3, -0.25) is 4.79 Å². The van der Waals surface area contributed by atoms with Crippen LogP contribution in [-0.2, 0) is 4.79 Å². The van der Waals surface area contributed by atoms with Crippen molar-refractivity contribution < 1.29 is 15.0 Å². The molecule has 3 atom stereocenters. The molecule has 0 aliphatic heterocycles. The standard InChI is InChI=1S/C11H15BrO3/c1-10-6-7(12)2-3-9(14)11(10,15)5-4-8(10)13/h2,9,14-15H,3-6H2,1H3/t9-,10-,11-/m0/s1. The van der Waals surface area contributed by atoms with Crippen LogP contribution in [0.5, 0.6) is 0 Å². The molecule has 0 aromatic rings. The van der Waals surface area contributed by atoms with E-state index < -0.39 is 17.1 Å². The molecule has 2 aliphatic carbocycles. The molecule has 0 radical (unpaired) electrons. The smallest absolute Gasteiger partial charge is 0.142 e. The molecule has 0 amide bonds. The largest absolute Gasteiger partial charge is 0.390 e. The molecule has 0 spiro atoms. The fourth-order valence-electron chi connectivity index (χ4n) is 2.73. The SMILES string of the molecule is C[C@@]12CC(Br)=CC[C@H](O)[C@@]1(O)CCC2=O. The molecule has 4 heteroatoms. The van der Waals surface area contributed by atoms with Crippen LogP contribution in [0.15, 0.2) is 10.6 Å². The summed E-state index contributed by atoms with van der Waals surface area (Å²) in [6.07, 6.45) is 2.63. The number of hydrogen-bond acceptors (Lipinski definition) is 3. The van der Waals surface area contributed by atoms with Crippen LogP contribution < -0.4 is 0 Å². The highest BCUT2D eigenvalue weighted by atomic mass is 79.9. The average molecular weight is 275 g/mol. The highest BCUT2D eigenvalue weighted by Gasteiger charge is 2.60. The third-order valence-corrected chi connectivity index (χ3v) is 4.54. The first-order chi connectivity index (χ1) is 6.90. The number of aliphatic hydroxyl groups excluding tert-OH is 1. The lowest BCUT2D eigenvalue weighted by Gasteiger charge is -2.39. The monoisotopic (exact) mass is 274 g/mol. The molecule has 2 rings (SSSR count). The normalized spacial score (nSPS) is 46.0. The number of ketones is 1. The summed E-state index contributed by atoms with van der Waals surface area (Å²) in [4.78, 5) is 11.9. The fourth-order valence-corrected chi connectivity index (χ4v) is 3.48. The number of Topliss-reactive ketones (excluding diaryl/α,β-unsaturated/α-hetero) is 1. The summed E-state index contributed by atoms with van der Waals surface area (Å²) < 4.78 is 0.898. The van der Waals surface area contributed by atoms with Gasteiger partial charge < -0.3 is 10.2 Å². The van der Waals surface area contributed by atoms with Gasteiger partial charge in [0.2, 0.25) is 0 Å². The van der Waals surface area contributed by atoms with Crippen LogP contribution in [0.4, 0.5) is 0 Å². The third-order valence-electron chi connectivity index (χ3n) is 3.94. The van der Waals surface area contributed by atoms with E-state index in [1.165, 1.54) is 0 Å². The van der Waals surface area contributed by atoms with E-state index in [1.807, 2.05) is 6.08 Å². The zero-order valence-corrected chi connectivity index (χ0v) is 10.2. The second kappa shape index (κ2) is 3.40. The Bertz CT molecular complexity index is 339. The van der Waals surface area contributed by atoms with Gasteiger partial charge in [-0.2, -0.15) is 0 Å². The summed E-state index contributed by atoms with van der Waals surface area (Å²) >= 11 is 3.38. The minimum atomic E-state index is -1.25. The molecule has 2 aliphatic rings. The van der Waals surface area contributed by atoms with Crippen LogP contribution in [0.3, 0.4) is 0 Å². The average Bonchev–Trinajstić information content (AvgIpc) is 2.35. The Labute approximate surface area is 97.3 Å². The molecule has 0 heterocycles. The van der Waals surface area contributed by atoms with E-state index in [4.69, 9.17) is 0 Å². The van der Waals surface area contributed by atoms with Gasteiger partial charge in [-0.15, -0.1) is 0 Å². The topological polar surface area (TPSA) is 57.5 Å². The predicted molar refractivity (Wildman–Crippen MR) is 59.5 cm³/mol. The highest BCUT2D eigenvalue weighted by Crippen LogP contribution is 2.52. The van der Waals surface area contributed by atoms with Crippen LogP contribution in [0.25, 0.3) is 0 Å². The number of halogens is 1. The zero-order chi connectivity index (χ0) is 11.3. The van der Waals surface area contributed by atoms with E-state index in [9.17, 15) is 15.0 Å². The van der Waals surface area contributed by atoms with Crippen LogP contribution >= 0.6 is 15.9 Å². The van der Waals surface area contributed by atoms with Crippen molar-refractivity contribution in [2.45, 2.75) is 44.3 Å². The Kier molecular flexibility index (Phi) is 2.56. The number of rotatable bonds is 0. The van der Waals surface area contributed by atoms with Gasteiger partial charge in [-0.1, -0.05) is 22.0 Å². The Morgan fingerprint density at radius 2 is 2.27 bits per heavy atom. The van der Waals surface area contributed by atoms with Gasteiger partial charge in [0, 0.05) is 6.42 Å². The van der Waals surface area contributed by atoms with E-state index in [1.54, 1.807) is 6.92 Å². The minimum absolute atomic E-state index is 0.0521. The van der Waals surface area contributed by atoms with Crippen LogP contribution in [0.2, 0.25) is 0 Å². The lowest BCUT2D eigenvalue weighted by Crippen LogP contribution is -2.52. The van der Waals surface area contributed by atoms with Gasteiger partial charge in [-0.25, -0.2) is 0 Å². The Morgan fingerprint density at radius 1 is 1.60 bits per heavy atom. The highest BCUT2D eigenvalue weighted by molar-refractivity contribution is 9.11. The van der Waals surface area contributed by atoms with Gasteiger partial charge in [0.15, 0.2) is 0 Å². The van der Waals surface area contributed by atoms with E-state index in [-0.39, 0.29) is 5.78 Å². The molecule has 0 aromatic heterocycles. The van der Waals surface area contributed by atoms with Gasteiger partial charge in [0.1, 0.15) is 11.4 Å². The summed E-state index contributed by atoms with van der Waals surface area (Å²) in [5.74, 6) is 0.0521. The molecule has 3 nitrogen and oxygen atoms in total. The molecule has 2 N–H and O–H groups in total. The summed E-state index contributed by atoms with van der Waals surface area (Å²) in [6, 6.07) is 0. The number of carbonyl (C=O) groups is 1. The molecule has 84 valence electrons. The van der Waals surface area contributed by atoms with Crippen molar-refractivity contribution in [3.63, 3.8) is 0 Å². The van der Waals surface area contributed by atoms with Gasteiger partial charge in [0.25, 0.3) is 0 Å². The molecule has 1 saturated carbocycles. The van der Waals surface area contributed by atoms with Gasteiger partial charge in [-0.05, 0) is 30.7 Å². The van der Waals surface area contributed by atoms with Crippen LogP contribution in [-0.4, -0.2) is 27.7 Å². The van der Waals surface area contributed by atoms with Crippen molar-refractivity contribution in [1.29, 1.82) is 0 Å². The Balaban J connectivity index is 2.47.